The number of aliphatic hydroxyl groups is 1. The van der Waals surface area contributed by atoms with Crippen molar-refractivity contribution in [2.45, 2.75) is 31.9 Å². The van der Waals surface area contributed by atoms with E-state index in [1.54, 1.807) is 6.07 Å². The molecule has 0 amide bonds. The summed E-state index contributed by atoms with van der Waals surface area (Å²) in [5, 5.41) is 23.7. The third kappa shape index (κ3) is 6.44. The van der Waals surface area contributed by atoms with Crippen LogP contribution in [0.3, 0.4) is 0 Å². The molecule has 0 radical (unpaired) electrons. The maximum Gasteiger partial charge on any atom is 0.305 e. The van der Waals surface area contributed by atoms with Gasteiger partial charge < -0.3 is 20.5 Å². The number of phenolic OH excluding ortho intramolecular Hbond substituents is 1. The van der Waals surface area contributed by atoms with Crippen molar-refractivity contribution < 1.29 is 10.2 Å². The number of aromatic amines is 1. The molecule has 31 heavy (non-hydrogen) atoms. The van der Waals surface area contributed by atoms with Gasteiger partial charge in [0.15, 0.2) is 0 Å². The Labute approximate surface area is 198 Å². The maximum atomic E-state index is 11.6. The van der Waals surface area contributed by atoms with Crippen LogP contribution in [-0.2, 0) is 13.0 Å². The predicted octanol–water partition coefficient (Wildman–Crippen LogP) is 3.60. The number of likely N-dealkylation sites (tertiary alicyclic amines) is 1. The van der Waals surface area contributed by atoms with Gasteiger partial charge in [-0.2, -0.15) is 0 Å². The first-order valence-electron chi connectivity index (χ1n) is 10.1. The zero-order valence-electron chi connectivity index (χ0n) is 17.2. The Balaban J connectivity index is 0.00000171. The summed E-state index contributed by atoms with van der Waals surface area (Å²) in [7, 11) is 0. The second-order valence-electron chi connectivity index (χ2n) is 7.67. The molecule has 0 aliphatic carbocycles. The average molecular weight is 486 g/mol. The van der Waals surface area contributed by atoms with Crippen LogP contribution in [0.4, 0.5) is 0 Å². The summed E-state index contributed by atoms with van der Waals surface area (Å²) < 4.78 is 0.610. The van der Waals surface area contributed by atoms with Gasteiger partial charge in [0.05, 0.1) is 10.8 Å². The molecule has 0 unspecified atom stereocenters. The molecule has 4 rings (SSSR count). The number of H-pyrrole nitrogens is 1. The van der Waals surface area contributed by atoms with Gasteiger partial charge in [-0.05, 0) is 56.1 Å². The Kier molecular flexibility index (Phi) is 9.81. The number of hydrogen-bond acceptors (Lipinski definition) is 6. The smallest absolute Gasteiger partial charge is 0.305 e. The zero-order valence-corrected chi connectivity index (χ0v) is 19.6. The van der Waals surface area contributed by atoms with E-state index in [2.05, 4.69) is 39.5 Å². The standard InChI is InChI=1S/C22H27N3O3S.2ClH/c26-18-7-6-17(21-20(18)24-22(28)29-21)19(27)13-23-9-8-15-4-3-5-16(12-15)14-25-10-1-2-11-25;;/h3-7,12,19,23,26-27H,1-2,8-11,13-14H2,(H,24,28);2*1H/t19-;;/m0../s1. The van der Waals surface area contributed by atoms with Crippen molar-refractivity contribution in [3.05, 3.63) is 62.8 Å². The Morgan fingerprint density at radius 3 is 2.65 bits per heavy atom. The summed E-state index contributed by atoms with van der Waals surface area (Å²) in [6.07, 6.45) is 2.76. The zero-order chi connectivity index (χ0) is 20.2. The van der Waals surface area contributed by atoms with Gasteiger partial charge in [-0.15, -0.1) is 24.8 Å². The van der Waals surface area contributed by atoms with Crippen LogP contribution in [0.2, 0.25) is 0 Å². The van der Waals surface area contributed by atoms with E-state index in [-0.39, 0.29) is 35.4 Å². The van der Waals surface area contributed by atoms with Gasteiger partial charge in [0.1, 0.15) is 11.3 Å². The molecule has 1 aliphatic rings. The fourth-order valence-electron chi connectivity index (χ4n) is 3.97. The Morgan fingerprint density at radius 2 is 1.87 bits per heavy atom. The normalized spacial score (nSPS) is 14.9. The van der Waals surface area contributed by atoms with Crippen molar-refractivity contribution in [2.75, 3.05) is 26.2 Å². The number of thiazole rings is 1. The van der Waals surface area contributed by atoms with Crippen LogP contribution < -0.4 is 10.2 Å². The van der Waals surface area contributed by atoms with E-state index in [1.807, 2.05) is 0 Å². The van der Waals surface area contributed by atoms with Crippen LogP contribution in [-0.4, -0.2) is 46.3 Å². The first kappa shape index (κ1) is 25.6. The van der Waals surface area contributed by atoms with Gasteiger partial charge in [0, 0.05) is 18.7 Å². The summed E-state index contributed by atoms with van der Waals surface area (Å²) in [4.78, 5) is 16.5. The van der Waals surface area contributed by atoms with Crippen LogP contribution >= 0.6 is 36.2 Å². The van der Waals surface area contributed by atoms with Crippen molar-refractivity contribution >= 4 is 46.4 Å². The molecule has 3 aromatic rings. The maximum absolute atomic E-state index is 11.6. The fraction of sp³-hybridized carbons (Fsp3) is 0.409. The molecule has 1 aromatic heterocycles. The van der Waals surface area contributed by atoms with E-state index in [1.165, 1.54) is 43.1 Å². The molecular formula is C22H29Cl2N3O3S. The lowest BCUT2D eigenvalue weighted by molar-refractivity contribution is 0.176. The predicted molar refractivity (Wildman–Crippen MR) is 131 cm³/mol. The molecular weight excluding hydrogens is 457 g/mol. The monoisotopic (exact) mass is 485 g/mol. The van der Waals surface area contributed by atoms with Crippen molar-refractivity contribution in [3.63, 3.8) is 0 Å². The minimum absolute atomic E-state index is 0. The van der Waals surface area contributed by atoms with Gasteiger partial charge in [0.2, 0.25) is 0 Å². The largest absolute Gasteiger partial charge is 0.506 e. The van der Waals surface area contributed by atoms with E-state index in [0.717, 1.165) is 30.8 Å². The molecule has 2 aromatic carbocycles. The van der Waals surface area contributed by atoms with E-state index in [4.69, 9.17) is 0 Å². The third-order valence-corrected chi connectivity index (χ3v) is 6.40. The van der Waals surface area contributed by atoms with Crippen molar-refractivity contribution in [1.82, 2.24) is 15.2 Å². The number of fused-ring (bicyclic) bond motifs is 1. The van der Waals surface area contributed by atoms with Gasteiger partial charge in [-0.3, -0.25) is 9.69 Å². The minimum atomic E-state index is -0.744. The Morgan fingerprint density at radius 1 is 1.13 bits per heavy atom. The van der Waals surface area contributed by atoms with Gasteiger partial charge >= 0.3 is 4.87 Å². The summed E-state index contributed by atoms with van der Waals surface area (Å²) in [6, 6.07) is 11.9. The molecule has 4 N–H and O–H groups in total. The van der Waals surface area contributed by atoms with Gasteiger partial charge in [0.25, 0.3) is 0 Å². The van der Waals surface area contributed by atoms with E-state index < -0.39 is 6.10 Å². The van der Waals surface area contributed by atoms with Gasteiger partial charge in [-0.1, -0.05) is 41.7 Å². The summed E-state index contributed by atoms with van der Waals surface area (Å²) in [5.41, 5.74) is 3.70. The highest BCUT2D eigenvalue weighted by Crippen LogP contribution is 2.31. The first-order chi connectivity index (χ1) is 14.1. The van der Waals surface area contributed by atoms with Crippen LogP contribution in [0.5, 0.6) is 5.75 Å². The summed E-state index contributed by atoms with van der Waals surface area (Å²) in [5.74, 6) is 0.0241. The SMILES string of the molecule is Cl.Cl.O=c1[nH]c2c(O)ccc([C@@H](O)CNCCc3cccc(CN4CCCC4)c3)c2s1. The first-order valence-corrected chi connectivity index (χ1v) is 11.0. The molecule has 1 aliphatic heterocycles. The Bertz CT molecular complexity index is 1030. The summed E-state index contributed by atoms with van der Waals surface area (Å²) >= 11 is 1.01. The molecule has 1 atom stereocenters. The lowest BCUT2D eigenvalue weighted by atomic mass is 10.1. The number of aromatic nitrogens is 1. The van der Waals surface area contributed by atoms with Crippen LogP contribution in [0.15, 0.2) is 41.2 Å². The van der Waals surface area contributed by atoms with E-state index in [9.17, 15) is 15.0 Å². The van der Waals surface area contributed by atoms with Crippen molar-refractivity contribution in [2.24, 2.45) is 0 Å². The van der Waals surface area contributed by atoms with Crippen molar-refractivity contribution in [3.8, 4) is 5.75 Å². The lowest BCUT2D eigenvalue weighted by Crippen LogP contribution is -2.24. The highest BCUT2D eigenvalue weighted by Gasteiger charge is 2.16. The molecule has 9 heteroatoms. The number of benzene rings is 2. The number of nitrogens with one attached hydrogen (secondary N) is 2. The number of aromatic hydroxyl groups is 1. The quantitative estimate of drug-likeness (QED) is 0.366. The summed E-state index contributed by atoms with van der Waals surface area (Å²) in [6.45, 7) is 4.57. The average Bonchev–Trinajstić information content (AvgIpc) is 3.35. The highest BCUT2D eigenvalue weighted by atomic mass is 35.5. The lowest BCUT2D eigenvalue weighted by Gasteiger charge is -2.15. The fourth-order valence-corrected chi connectivity index (χ4v) is 4.88. The number of phenols is 1. The van der Waals surface area contributed by atoms with Crippen LogP contribution in [0.25, 0.3) is 10.2 Å². The second kappa shape index (κ2) is 11.9. The molecule has 170 valence electrons. The topological polar surface area (TPSA) is 88.6 Å². The molecule has 1 fully saturated rings. The van der Waals surface area contributed by atoms with Crippen molar-refractivity contribution in [1.29, 1.82) is 0 Å². The van der Waals surface area contributed by atoms with Crippen LogP contribution in [0, 0.1) is 0 Å². The highest BCUT2D eigenvalue weighted by molar-refractivity contribution is 7.16. The Hall–Kier alpha value is -1.61. The molecule has 2 heterocycles. The number of aliphatic hydroxyl groups excluding tert-OH is 1. The van der Waals surface area contributed by atoms with Crippen LogP contribution in [0.1, 0.15) is 35.6 Å². The molecule has 0 saturated carbocycles. The van der Waals surface area contributed by atoms with Gasteiger partial charge in [-0.25, -0.2) is 0 Å². The minimum Gasteiger partial charge on any atom is -0.506 e. The molecule has 6 nitrogen and oxygen atoms in total. The van der Waals surface area contributed by atoms with E-state index in [0.29, 0.717) is 22.3 Å². The molecule has 0 bridgehead atoms. The number of halogens is 2. The third-order valence-electron chi connectivity index (χ3n) is 5.47. The molecule has 0 spiro atoms. The number of nitrogens with zero attached hydrogens (tertiary/aromatic N) is 1. The van der Waals surface area contributed by atoms with E-state index >= 15 is 0 Å². The second-order valence-corrected chi connectivity index (χ2v) is 8.65. The number of rotatable bonds is 8. The molecule has 1 saturated heterocycles. The number of hydrogen-bond donors (Lipinski definition) is 4.